The normalized spacial score (nSPS) is 13.9. The van der Waals surface area contributed by atoms with E-state index in [1.807, 2.05) is 144 Å². The number of anilines is 6. The molecule has 0 radical (unpaired) electrons. The van der Waals surface area contributed by atoms with Gasteiger partial charge in [0.1, 0.15) is 64.4 Å². The minimum atomic E-state index is -0.511. The third-order valence-electron chi connectivity index (χ3n) is 17.4. The summed E-state index contributed by atoms with van der Waals surface area (Å²) in [5.74, 6) is 4.60. The molecule has 13 aromatic rings. The van der Waals surface area contributed by atoms with Crippen LogP contribution in [0.25, 0.3) is 66.1 Å². The number of rotatable bonds is 16. The topological polar surface area (TPSA) is 364 Å². The average Bonchev–Trinajstić information content (AvgIpc) is 1.30. The number of H-pyrrole nitrogens is 2. The molecule has 114 heavy (non-hydrogen) atoms. The molecule has 0 bridgehead atoms. The van der Waals surface area contributed by atoms with Crippen LogP contribution in [0, 0.1) is 5.51 Å². The fraction of sp³-hybridized carbons (Fsp3) is 0.304. The maximum atomic E-state index is 12.3. The van der Waals surface area contributed by atoms with Gasteiger partial charge in [0.05, 0.1) is 31.1 Å². The van der Waals surface area contributed by atoms with E-state index >= 15 is 0 Å². The van der Waals surface area contributed by atoms with Gasteiger partial charge in [-0.05, 0) is 196 Å². The number of fused-ring (bicyclic) bond motifs is 3. The Bertz CT molecular complexity index is 5230. The van der Waals surface area contributed by atoms with E-state index in [4.69, 9.17) is 34.4 Å². The summed E-state index contributed by atoms with van der Waals surface area (Å²) in [6, 6.07) is 34.1. The third kappa shape index (κ3) is 24.1. The van der Waals surface area contributed by atoms with Crippen molar-refractivity contribution in [1.82, 2.24) is 85.4 Å². The van der Waals surface area contributed by atoms with Gasteiger partial charge < -0.3 is 65.5 Å². The van der Waals surface area contributed by atoms with E-state index in [0.29, 0.717) is 79.8 Å². The molecule has 7 aromatic heterocycles. The van der Waals surface area contributed by atoms with E-state index in [1.54, 1.807) is 64.0 Å². The van der Waals surface area contributed by atoms with Crippen molar-refractivity contribution in [3.63, 3.8) is 0 Å². The molecule has 0 spiro atoms. The summed E-state index contributed by atoms with van der Waals surface area (Å²) in [6.45, 7) is 15.5. The van der Waals surface area contributed by atoms with Crippen LogP contribution in [0.5, 0.6) is 17.2 Å². The second-order valence-corrected chi connectivity index (χ2v) is 31.2. The van der Waals surface area contributed by atoms with Crippen LogP contribution >= 0.6 is 68.2 Å². The number of piperidine rings is 3. The molecular weight excluding hydrogens is 1740 g/mol. The van der Waals surface area contributed by atoms with E-state index in [-0.39, 0.29) is 37.9 Å². The maximum absolute atomic E-state index is 12.3. The summed E-state index contributed by atoms with van der Waals surface area (Å²) in [7, 11) is 0. The summed E-state index contributed by atoms with van der Waals surface area (Å²) in [4.78, 5) is 83.2. The van der Waals surface area contributed by atoms with Gasteiger partial charge in [-0.25, -0.2) is 54.4 Å². The number of hydrogen-bond acceptors (Lipinski definition) is 26. The molecule has 3 saturated heterocycles. The summed E-state index contributed by atoms with van der Waals surface area (Å²) >= 11 is 14.5. The van der Waals surface area contributed by atoms with Crippen molar-refractivity contribution in [1.29, 1.82) is 0 Å². The largest absolute Gasteiger partial charge is 0.490 e. The SMILES string of the molecule is C.CC(C)(C)OC(=O)N1CCC(Oc2cc3nc(Nc4ccc(-c5ncn[nH]5)cc4)ncc3cc2Br)CC1.CC(C)(C)OC(=O)N1CCC(Oc2cc3nc(Nc4ccc(C(N)=O)cc4)ncc3cc2Br)CC1.[Zn+][Br].[c-]1nccs1.c1n[nH]c(-c2ccc(Nc3ncc4cc(-c5nccs5)c(OC5CCNCC5)cc4n3)cc2)n1. The summed E-state index contributed by atoms with van der Waals surface area (Å²) in [5.41, 5.74) is 15.0. The second kappa shape index (κ2) is 40.1. The quantitative estimate of drug-likeness (QED) is 0.0349. The smallest absolute Gasteiger partial charge is 0.227 e. The molecular formula is C79H84Br3N21O8S2Zn. The van der Waals surface area contributed by atoms with Crippen molar-refractivity contribution in [2.75, 3.05) is 55.2 Å². The number of amides is 3. The zero-order valence-corrected chi connectivity index (χ0v) is 71.9. The first-order chi connectivity index (χ1) is 54.6. The molecule has 588 valence electrons. The second-order valence-electron chi connectivity index (χ2n) is 27.9. The van der Waals surface area contributed by atoms with Crippen LogP contribution in [-0.2, 0) is 25.8 Å². The predicted octanol–water partition coefficient (Wildman–Crippen LogP) is 17.5. The minimum absolute atomic E-state index is 0. The molecule has 29 nitrogen and oxygen atoms in total. The Morgan fingerprint density at radius 1 is 0.535 bits per heavy atom. The summed E-state index contributed by atoms with van der Waals surface area (Å²) in [6.07, 6.45) is 16.3. The molecule has 6 aromatic carbocycles. The first-order valence-electron chi connectivity index (χ1n) is 36.1. The van der Waals surface area contributed by atoms with Gasteiger partial charge in [0.2, 0.25) is 23.8 Å². The molecule has 0 unspecified atom stereocenters. The first-order valence-corrected chi connectivity index (χ1v) is 46.4. The number of ether oxygens (including phenoxy) is 5. The molecule has 0 saturated carbocycles. The number of benzene rings is 6. The molecule has 10 heterocycles. The van der Waals surface area contributed by atoms with E-state index < -0.39 is 17.1 Å². The zero-order chi connectivity index (χ0) is 79.4. The Labute approximate surface area is 700 Å². The van der Waals surface area contributed by atoms with Crippen molar-refractivity contribution in [2.24, 2.45) is 5.73 Å². The maximum Gasteiger partial charge on any atom is 0.227 e. The molecule has 3 fully saturated rings. The van der Waals surface area contributed by atoms with Crippen molar-refractivity contribution >= 4 is 154 Å². The van der Waals surface area contributed by atoms with Gasteiger partial charge in [-0.15, -0.1) is 22.9 Å². The van der Waals surface area contributed by atoms with Gasteiger partial charge in [0.25, 0.3) is 0 Å². The van der Waals surface area contributed by atoms with Crippen LogP contribution < -0.4 is 41.2 Å². The standard InChI is InChI=1S/C26H28BrN7O3.C25H28BrN5O4.C24H22N8OS.C3H2NS.CH4.BrH.Zn/c1-26(2,3)37-25(35)34-10-8-19(9-11-34)36-22-13-21-17(12-20(22)27)14-28-24(32-21)31-18-6-4-16(5-7-18)23-29-15-30-33-23;1-25(2,3)35-24(33)31-10-8-18(9-11-31)34-21-13-20-16(12-19(21)26)14-28-23(30-20)29-17-6-4-15(5-7-17)22(27)32;1-3-17(4-2-15(1)22-28-14-29-32-22)30-24-27-13-16-11-19(23-26-9-10-34-23)21(12-20(16)31-24)33-18-5-7-25-8-6-18;1-2-5-3-4-1;;;/h4-7,12-15,19H,8-11H2,1-3H3,(H,28,31,32)(H,29,30,33);4-7,12-14,18H,8-11H2,1-3H3,(H2,27,32)(H,28,29,30);1-4,9-14,18,25H,5-8H2,(H,27,30,31)(H,28,29,32);1-2H;1H4;1H;/q;;;-1;;;+2/p-1. The van der Waals surface area contributed by atoms with Crippen LogP contribution in [0.15, 0.2) is 173 Å². The van der Waals surface area contributed by atoms with E-state index in [2.05, 4.69) is 144 Å². The van der Waals surface area contributed by atoms with E-state index in [0.717, 1.165) is 131 Å². The number of likely N-dealkylation sites (tertiary alicyclic amines) is 2. The van der Waals surface area contributed by atoms with Gasteiger partial charge in [0.15, 0.2) is 11.6 Å². The number of nitrogens with one attached hydrogen (secondary N) is 6. The fourth-order valence-electron chi connectivity index (χ4n) is 11.9. The molecule has 0 aliphatic carbocycles. The van der Waals surface area contributed by atoms with Gasteiger partial charge in [0, 0.05) is 150 Å². The number of thiazole rings is 2. The molecule has 8 N–H and O–H groups in total. The van der Waals surface area contributed by atoms with Crippen LogP contribution in [0.2, 0.25) is 0 Å². The number of aromatic nitrogens is 14. The zero-order valence-electron chi connectivity index (χ0n) is 62.6. The number of aromatic amines is 2. The fourth-order valence-corrected chi connectivity index (χ4v) is 13.8. The number of halogens is 3. The van der Waals surface area contributed by atoms with Crippen LogP contribution in [-0.4, -0.2) is 167 Å². The third-order valence-corrected chi connectivity index (χ3v) is 19.9. The van der Waals surface area contributed by atoms with Crippen molar-refractivity contribution in [3.8, 4) is 50.6 Å². The number of nitrogens with zero attached hydrogens (tertiary/aromatic N) is 14. The molecule has 3 amide bonds. The Balaban J connectivity index is 0.000000161. The Kier molecular flexibility index (Phi) is 29.8. The Morgan fingerprint density at radius 2 is 0.947 bits per heavy atom. The van der Waals surface area contributed by atoms with Gasteiger partial charge >= 0.3 is 42.2 Å². The summed E-state index contributed by atoms with van der Waals surface area (Å²) in [5, 5.41) is 34.0. The summed E-state index contributed by atoms with van der Waals surface area (Å²) < 4.78 is 31.6. The average molecular weight is 1820 g/mol. The Morgan fingerprint density at radius 3 is 1.32 bits per heavy atom. The molecule has 3 aliphatic heterocycles. The Hall–Kier alpha value is -10.3. The first kappa shape index (κ1) is 84.6. The minimum Gasteiger partial charge on any atom is -0.490 e. The van der Waals surface area contributed by atoms with Crippen molar-refractivity contribution < 1.29 is 54.4 Å². The van der Waals surface area contributed by atoms with E-state index in [9.17, 15) is 14.4 Å². The molecule has 35 heteroatoms. The van der Waals surface area contributed by atoms with Gasteiger partial charge in [-0.3, -0.25) is 26.3 Å². The van der Waals surface area contributed by atoms with Crippen LogP contribution in [0.4, 0.5) is 44.5 Å². The van der Waals surface area contributed by atoms with Crippen LogP contribution in [0.1, 0.15) is 97.9 Å². The predicted molar refractivity (Wildman–Crippen MR) is 450 cm³/mol. The van der Waals surface area contributed by atoms with Gasteiger partial charge in [-0.2, -0.15) is 10.2 Å². The van der Waals surface area contributed by atoms with Crippen molar-refractivity contribution in [2.45, 2.75) is 117 Å². The van der Waals surface area contributed by atoms with Crippen molar-refractivity contribution in [3.05, 3.63) is 184 Å². The molecule has 0 atom stereocenters. The number of primary amides is 1. The van der Waals surface area contributed by atoms with E-state index in [1.165, 1.54) is 40.3 Å². The number of hydrogen-bond donors (Lipinski definition) is 7. The van der Waals surface area contributed by atoms with Gasteiger partial charge in [-0.1, -0.05) is 7.43 Å². The number of carbonyl (C=O) groups is 3. The number of carbonyl (C=O) groups excluding carboxylic acids is 3. The molecule has 3 aliphatic rings. The van der Waals surface area contributed by atoms with Crippen LogP contribution in [0.3, 0.4) is 0 Å². The number of nitrogens with two attached hydrogens (primary N) is 1. The molecule has 16 rings (SSSR count). The monoisotopic (exact) mass is 1820 g/mol.